The van der Waals surface area contributed by atoms with Crippen molar-refractivity contribution in [3.05, 3.63) is 29.3 Å². The maximum absolute atomic E-state index is 12.6. The summed E-state index contributed by atoms with van der Waals surface area (Å²) in [6, 6.07) is 2.95. The van der Waals surface area contributed by atoms with Crippen molar-refractivity contribution in [2.24, 2.45) is 5.73 Å². The molecule has 4 nitrogen and oxygen atoms in total. The Labute approximate surface area is 113 Å². The van der Waals surface area contributed by atoms with Gasteiger partial charge in [0.25, 0.3) is 0 Å². The lowest BCUT2D eigenvalue weighted by Gasteiger charge is -2.14. The molecular weight excluding hydrogens is 279 g/mol. The van der Waals surface area contributed by atoms with Crippen molar-refractivity contribution in [2.75, 3.05) is 18.9 Å². The molecule has 0 heterocycles. The molecule has 0 saturated heterocycles. The van der Waals surface area contributed by atoms with E-state index in [4.69, 9.17) is 18.0 Å². The van der Waals surface area contributed by atoms with Gasteiger partial charge in [0.15, 0.2) is 0 Å². The van der Waals surface area contributed by atoms with E-state index in [2.05, 4.69) is 10.6 Å². The van der Waals surface area contributed by atoms with Crippen molar-refractivity contribution in [1.82, 2.24) is 5.32 Å². The van der Waals surface area contributed by atoms with Crippen molar-refractivity contribution in [3.8, 4) is 0 Å². The van der Waals surface area contributed by atoms with Gasteiger partial charge in [-0.3, -0.25) is 4.79 Å². The average molecular weight is 291 g/mol. The van der Waals surface area contributed by atoms with E-state index in [1.54, 1.807) is 0 Å². The molecule has 0 aliphatic heterocycles. The van der Waals surface area contributed by atoms with Gasteiger partial charge in [-0.1, -0.05) is 12.2 Å². The Bertz CT molecular complexity index is 502. The summed E-state index contributed by atoms with van der Waals surface area (Å²) in [5, 5.41) is 5.05. The summed E-state index contributed by atoms with van der Waals surface area (Å²) in [6.45, 7) is -0.0858. The molecule has 0 aliphatic rings. The molecule has 0 unspecified atom stereocenters. The predicted octanol–water partition coefficient (Wildman–Crippen LogP) is 1.50. The Kier molecular flexibility index (Phi) is 4.71. The monoisotopic (exact) mass is 291 g/mol. The molecule has 0 bridgehead atoms. The van der Waals surface area contributed by atoms with Gasteiger partial charge in [0.05, 0.1) is 12.1 Å². The van der Waals surface area contributed by atoms with Crippen LogP contribution in [0.3, 0.4) is 0 Å². The molecule has 0 fully saturated rings. The van der Waals surface area contributed by atoms with Gasteiger partial charge >= 0.3 is 6.18 Å². The normalized spacial score (nSPS) is 10.9. The standard InChI is InChI=1S/C11H12F3N3OS/c1-16-9(18)5-17-8-3-2-6(11(12,13)14)4-7(8)10(15)19/h2-4,17H,5H2,1H3,(H2,15,19)(H,16,18). The largest absolute Gasteiger partial charge is 0.416 e. The lowest BCUT2D eigenvalue weighted by atomic mass is 10.1. The molecule has 0 saturated carbocycles. The van der Waals surface area contributed by atoms with E-state index in [1.165, 1.54) is 13.1 Å². The van der Waals surface area contributed by atoms with Crippen LogP contribution in [0.25, 0.3) is 0 Å². The summed E-state index contributed by atoms with van der Waals surface area (Å²) >= 11 is 4.71. The molecule has 0 aromatic heterocycles. The number of thiocarbonyl (C=S) groups is 1. The SMILES string of the molecule is CNC(=O)CNc1ccc(C(F)(F)F)cc1C(N)=S. The number of alkyl halides is 3. The highest BCUT2D eigenvalue weighted by atomic mass is 32.1. The van der Waals surface area contributed by atoms with Crippen LogP contribution in [0.1, 0.15) is 11.1 Å². The molecular formula is C11H12F3N3OS. The van der Waals surface area contributed by atoms with Crippen LogP contribution in [0.2, 0.25) is 0 Å². The zero-order valence-electron chi connectivity index (χ0n) is 9.97. The van der Waals surface area contributed by atoms with E-state index < -0.39 is 11.7 Å². The zero-order chi connectivity index (χ0) is 14.6. The fourth-order valence-electron chi connectivity index (χ4n) is 1.34. The highest BCUT2D eigenvalue weighted by Gasteiger charge is 2.31. The third-order valence-electron chi connectivity index (χ3n) is 2.33. The third-order valence-corrected chi connectivity index (χ3v) is 2.55. The van der Waals surface area contributed by atoms with E-state index in [-0.39, 0.29) is 28.7 Å². The van der Waals surface area contributed by atoms with E-state index in [1.807, 2.05) is 0 Å². The molecule has 1 amide bonds. The minimum Gasteiger partial charge on any atom is -0.389 e. The molecule has 1 aromatic carbocycles. The van der Waals surface area contributed by atoms with Crippen LogP contribution >= 0.6 is 12.2 Å². The van der Waals surface area contributed by atoms with Gasteiger partial charge < -0.3 is 16.4 Å². The second kappa shape index (κ2) is 5.87. The number of rotatable bonds is 4. The third kappa shape index (κ3) is 4.09. The number of nitrogens with one attached hydrogen (secondary N) is 2. The van der Waals surface area contributed by atoms with Crippen LogP contribution in [0.15, 0.2) is 18.2 Å². The molecule has 0 radical (unpaired) electrons. The summed E-state index contributed by atoms with van der Waals surface area (Å²) in [5.74, 6) is -0.311. The number of anilines is 1. The van der Waals surface area contributed by atoms with Gasteiger partial charge in [-0.2, -0.15) is 13.2 Å². The van der Waals surface area contributed by atoms with Gasteiger partial charge in [-0.15, -0.1) is 0 Å². The summed E-state index contributed by atoms with van der Waals surface area (Å²) in [5.41, 5.74) is 4.87. The number of hydrogen-bond acceptors (Lipinski definition) is 3. The van der Waals surface area contributed by atoms with Crippen molar-refractivity contribution < 1.29 is 18.0 Å². The molecule has 0 atom stereocenters. The number of benzene rings is 1. The smallest absolute Gasteiger partial charge is 0.389 e. The maximum Gasteiger partial charge on any atom is 0.416 e. The lowest BCUT2D eigenvalue weighted by molar-refractivity contribution is -0.137. The number of likely N-dealkylation sites (N-methyl/N-ethyl adjacent to an activating group) is 1. The highest BCUT2D eigenvalue weighted by Crippen LogP contribution is 2.31. The molecule has 0 spiro atoms. The molecule has 4 N–H and O–H groups in total. The fourth-order valence-corrected chi connectivity index (χ4v) is 1.51. The summed E-state index contributed by atoms with van der Waals surface area (Å²) in [7, 11) is 1.45. The molecule has 1 rings (SSSR count). The van der Waals surface area contributed by atoms with Gasteiger partial charge in [-0.25, -0.2) is 0 Å². The Morgan fingerprint density at radius 2 is 2.05 bits per heavy atom. The Morgan fingerprint density at radius 3 is 2.53 bits per heavy atom. The Balaban J connectivity index is 3.05. The van der Waals surface area contributed by atoms with E-state index in [9.17, 15) is 18.0 Å². The van der Waals surface area contributed by atoms with Crippen LogP contribution in [0, 0.1) is 0 Å². The van der Waals surface area contributed by atoms with Crippen molar-refractivity contribution in [2.45, 2.75) is 6.18 Å². The number of nitrogens with two attached hydrogens (primary N) is 1. The maximum atomic E-state index is 12.6. The molecule has 1 aromatic rings. The first-order valence-electron chi connectivity index (χ1n) is 5.21. The second-order valence-electron chi connectivity index (χ2n) is 3.65. The van der Waals surface area contributed by atoms with Crippen LogP contribution in [0.5, 0.6) is 0 Å². The van der Waals surface area contributed by atoms with Crippen molar-refractivity contribution in [3.63, 3.8) is 0 Å². The topological polar surface area (TPSA) is 67.2 Å². The van der Waals surface area contributed by atoms with E-state index in [0.29, 0.717) is 0 Å². The highest BCUT2D eigenvalue weighted by molar-refractivity contribution is 7.80. The van der Waals surface area contributed by atoms with Crippen molar-refractivity contribution in [1.29, 1.82) is 0 Å². The first-order valence-corrected chi connectivity index (χ1v) is 5.62. The summed E-state index contributed by atoms with van der Waals surface area (Å²) < 4.78 is 37.7. The van der Waals surface area contributed by atoms with Crippen LogP contribution in [-0.4, -0.2) is 24.5 Å². The van der Waals surface area contributed by atoms with E-state index >= 15 is 0 Å². The molecule has 104 valence electrons. The summed E-state index contributed by atoms with van der Waals surface area (Å²) in [4.78, 5) is 10.9. The predicted molar refractivity (Wildman–Crippen MR) is 69.9 cm³/mol. The number of hydrogen-bond donors (Lipinski definition) is 3. The number of halogens is 3. The minimum absolute atomic E-state index is 0.0497. The minimum atomic E-state index is -4.47. The van der Waals surface area contributed by atoms with Crippen LogP contribution < -0.4 is 16.4 Å². The number of carbonyl (C=O) groups is 1. The second-order valence-corrected chi connectivity index (χ2v) is 4.09. The van der Waals surface area contributed by atoms with Gasteiger partial charge in [-0.05, 0) is 18.2 Å². The lowest BCUT2D eigenvalue weighted by Crippen LogP contribution is -2.27. The average Bonchev–Trinajstić information content (AvgIpc) is 2.34. The van der Waals surface area contributed by atoms with Crippen LogP contribution in [-0.2, 0) is 11.0 Å². The summed E-state index contributed by atoms with van der Waals surface area (Å²) in [6.07, 6.45) is -4.47. The first-order chi connectivity index (χ1) is 8.75. The van der Waals surface area contributed by atoms with Gasteiger partial charge in [0.1, 0.15) is 4.99 Å². The fraction of sp³-hybridized carbons (Fsp3) is 0.273. The molecule has 8 heteroatoms. The molecule has 19 heavy (non-hydrogen) atoms. The number of carbonyl (C=O) groups excluding carboxylic acids is 1. The van der Waals surface area contributed by atoms with Crippen molar-refractivity contribution >= 4 is 28.8 Å². The number of amides is 1. The zero-order valence-corrected chi connectivity index (χ0v) is 10.8. The molecule has 0 aliphatic carbocycles. The Morgan fingerprint density at radius 1 is 1.42 bits per heavy atom. The van der Waals surface area contributed by atoms with Gasteiger partial charge in [0.2, 0.25) is 5.91 Å². The first kappa shape index (κ1) is 15.2. The van der Waals surface area contributed by atoms with Crippen LogP contribution in [0.4, 0.5) is 18.9 Å². The Hall–Kier alpha value is -1.83. The van der Waals surface area contributed by atoms with Gasteiger partial charge in [0, 0.05) is 18.3 Å². The van der Waals surface area contributed by atoms with E-state index in [0.717, 1.165) is 12.1 Å². The quantitative estimate of drug-likeness (QED) is 0.735.